The lowest BCUT2D eigenvalue weighted by Crippen LogP contribution is -2.31. The van der Waals surface area contributed by atoms with Gasteiger partial charge >= 0.3 is 5.97 Å². The Bertz CT molecular complexity index is 453. The molecular formula is C15H21NO4. The number of carbonyl (C=O) groups excluding carboxylic acids is 1. The first-order chi connectivity index (χ1) is 9.42. The summed E-state index contributed by atoms with van der Waals surface area (Å²) in [4.78, 5) is 22.8. The minimum atomic E-state index is -0.914. The summed E-state index contributed by atoms with van der Waals surface area (Å²) in [5.74, 6) is -0.683. The van der Waals surface area contributed by atoms with Gasteiger partial charge < -0.3 is 15.2 Å². The van der Waals surface area contributed by atoms with Gasteiger partial charge in [-0.15, -0.1) is 0 Å². The zero-order valence-corrected chi connectivity index (χ0v) is 12.1. The maximum Gasteiger partial charge on any atom is 0.303 e. The molecule has 1 amide bonds. The molecule has 1 aromatic rings. The van der Waals surface area contributed by atoms with Gasteiger partial charge in [0.2, 0.25) is 5.91 Å². The number of hydrogen-bond donors (Lipinski definition) is 2. The first kappa shape index (κ1) is 16.0. The predicted molar refractivity (Wildman–Crippen MR) is 75.9 cm³/mol. The Balaban J connectivity index is 2.81. The van der Waals surface area contributed by atoms with Crippen molar-refractivity contribution in [2.24, 2.45) is 0 Å². The van der Waals surface area contributed by atoms with Crippen LogP contribution in [-0.4, -0.2) is 30.1 Å². The molecular weight excluding hydrogens is 258 g/mol. The number of ether oxygens (including phenoxy) is 1. The van der Waals surface area contributed by atoms with Crippen molar-refractivity contribution in [2.75, 3.05) is 7.11 Å². The lowest BCUT2D eigenvalue weighted by molar-refractivity contribution is -0.137. The average molecular weight is 279 g/mol. The van der Waals surface area contributed by atoms with E-state index in [2.05, 4.69) is 5.32 Å². The van der Waals surface area contributed by atoms with E-state index in [4.69, 9.17) is 9.84 Å². The number of nitrogens with one attached hydrogen (secondary N) is 1. The van der Waals surface area contributed by atoms with Crippen LogP contribution in [0.15, 0.2) is 24.3 Å². The highest BCUT2D eigenvalue weighted by Gasteiger charge is 2.19. The quantitative estimate of drug-likeness (QED) is 0.802. The van der Waals surface area contributed by atoms with Crippen molar-refractivity contribution in [2.45, 2.75) is 38.6 Å². The minimum Gasteiger partial charge on any atom is -0.497 e. The van der Waals surface area contributed by atoms with E-state index in [1.807, 2.05) is 13.8 Å². The summed E-state index contributed by atoms with van der Waals surface area (Å²) in [5, 5.41) is 11.8. The molecule has 1 atom stereocenters. The highest BCUT2D eigenvalue weighted by atomic mass is 16.5. The average Bonchev–Trinajstić information content (AvgIpc) is 2.36. The topological polar surface area (TPSA) is 75.6 Å². The van der Waals surface area contributed by atoms with E-state index < -0.39 is 5.97 Å². The van der Waals surface area contributed by atoms with Gasteiger partial charge in [0.05, 0.1) is 13.5 Å². The number of benzene rings is 1. The summed E-state index contributed by atoms with van der Waals surface area (Å²) in [7, 11) is 1.57. The van der Waals surface area contributed by atoms with Gasteiger partial charge in [0.15, 0.2) is 0 Å². The molecule has 0 aromatic heterocycles. The Kier molecular flexibility index (Phi) is 6.03. The van der Waals surface area contributed by atoms with E-state index >= 15 is 0 Å². The number of hydrogen-bond acceptors (Lipinski definition) is 3. The van der Waals surface area contributed by atoms with Crippen molar-refractivity contribution in [1.29, 1.82) is 0 Å². The van der Waals surface area contributed by atoms with Crippen molar-refractivity contribution in [1.82, 2.24) is 5.32 Å². The van der Waals surface area contributed by atoms with E-state index in [9.17, 15) is 9.59 Å². The van der Waals surface area contributed by atoms with Crippen LogP contribution in [0.25, 0.3) is 0 Å². The molecule has 0 heterocycles. The lowest BCUT2D eigenvalue weighted by Gasteiger charge is -2.16. The number of aliphatic carboxylic acids is 1. The van der Waals surface area contributed by atoms with Crippen LogP contribution in [-0.2, 0) is 9.59 Å². The molecule has 2 N–H and O–H groups in total. The molecule has 0 aliphatic carbocycles. The third kappa shape index (κ3) is 5.30. The van der Waals surface area contributed by atoms with Crippen LogP contribution in [0.1, 0.15) is 38.2 Å². The van der Waals surface area contributed by atoms with Gasteiger partial charge in [-0.3, -0.25) is 9.59 Å². The Hall–Kier alpha value is -2.04. The third-order valence-electron chi connectivity index (χ3n) is 2.89. The summed E-state index contributed by atoms with van der Waals surface area (Å²) >= 11 is 0. The number of rotatable bonds is 7. The minimum absolute atomic E-state index is 0.0452. The molecule has 5 heteroatoms. The number of carboxylic acid groups (broad SMARTS) is 1. The van der Waals surface area contributed by atoms with Gasteiger partial charge in [-0.1, -0.05) is 12.1 Å². The van der Waals surface area contributed by atoms with E-state index in [1.165, 1.54) is 0 Å². The second-order valence-electron chi connectivity index (χ2n) is 4.99. The van der Waals surface area contributed by atoms with Crippen molar-refractivity contribution < 1.29 is 19.4 Å². The largest absolute Gasteiger partial charge is 0.497 e. The Morgan fingerprint density at radius 1 is 1.20 bits per heavy atom. The van der Waals surface area contributed by atoms with Crippen LogP contribution in [0.5, 0.6) is 5.75 Å². The highest BCUT2D eigenvalue weighted by molar-refractivity contribution is 5.78. The first-order valence-corrected chi connectivity index (χ1v) is 6.57. The van der Waals surface area contributed by atoms with Crippen LogP contribution in [0.4, 0.5) is 0 Å². The molecule has 5 nitrogen and oxygen atoms in total. The van der Waals surface area contributed by atoms with Gasteiger partial charge in [0.25, 0.3) is 0 Å². The zero-order valence-electron chi connectivity index (χ0n) is 12.1. The van der Waals surface area contributed by atoms with E-state index in [1.54, 1.807) is 31.4 Å². The van der Waals surface area contributed by atoms with Crippen LogP contribution in [0.2, 0.25) is 0 Å². The van der Waals surface area contributed by atoms with Crippen molar-refractivity contribution in [3.05, 3.63) is 29.8 Å². The monoisotopic (exact) mass is 279 g/mol. The highest BCUT2D eigenvalue weighted by Crippen LogP contribution is 2.25. The van der Waals surface area contributed by atoms with Crippen molar-refractivity contribution in [3.8, 4) is 5.75 Å². The molecule has 0 radical (unpaired) electrons. The smallest absolute Gasteiger partial charge is 0.303 e. The fourth-order valence-electron chi connectivity index (χ4n) is 2.00. The molecule has 0 bridgehead atoms. The number of methoxy groups -OCH3 is 1. The molecule has 1 rings (SSSR count). The Morgan fingerprint density at radius 3 is 2.25 bits per heavy atom. The first-order valence-electron chi connectivity index (χ1n) is 6.57. The molecule has 1 unspecified atom stereocenters. The Labute approximate surface area is 118 Å². The van der Waals surface area contributed by atoms with Crippen LogP contribution >= 0.6 is 0 Å². The summed E-state index contributed by atoms with van der Waals surface area (Å²) < 4.78 is 5.07. The maximum absolute atomic E-state index is 11.8. The third-order valence-corrected chi connectivity index (χ3v) is 2.89. The summed E-state index contributed by atoms with van der Waals surface area (Å²) in [5.41, 5.74) is 0.826. The summed E-state index contributed by atoms with van der Waals surface area (Å²) in [6.07, 6.45) is 0.0919. The molecule has 0 aliphatic rings. The number of amides is 1. The second-order valence-corrected chi connectivity index (χ2v) is 4.99. The van der Waals surface area contributed by atoms with Crippen LogP contribution in [0.3, 0.4) is 0 Å². The number of carbonyl (C=O) groups is 2. The zero-order chi connectivity index (χ0) is 15.1. The second kappa shape index (κ2) is 7.53. The van der Waals surface area contributed by atoms with Crippen LogP contribution < -0.4 is 10.1 Å². The van der Waals surface area contributed by atoms with Gasteiger partial charge in [0, 0.05) is 18.4 Å². The molecule has 0 aliphatic heterocycles. The SMILES string of the molecule is COc1ccc(C(CC(=O)O)CC(=O)NC(C)C)cc1. The van der Waals surface area contributed by atoms with Gasteiger partial charge in [-0.25, -0.2) is 0 Å². The van der Waals surface area contributed by atoms with E-state index in [0.717, 1.165) is 5.56 Å². The molecule has 0 saturated carbocycles. The molecule has 20 heavy (non-hydrogen) atoms. The van der Waals surface area contributed by atoms with Crippen LogP contribution in [0, 0.1) is 0 Å². The summed E-state index contributed by atoms with van der Waals surface area (Å²) in [6, 6.07) is 7.18. The van der Waals surface area contributed by atoms with Crippen molar-refractivity contribution >= 4 is 11.9 Å². The molecule has 1 aromatic carbocycles. The molecule has 110 valence electrons. The Morgan fingerprint density at radius 2 is 1.80 bits per heavy atom. The van der Waals surface area contributed by atoms with E-state index in [-0.39, 0.29) is 30.7 Å². The normalized spacial score (nSPS) is 12.0. The van der Waals surface area contributed by atoms with E-state index in [0.29, 0.717) is 5.75 Å². The fourth-order valence-corrected chi connectivity index (χ4v) is 2.00. The van der Waals surface area contributed by atoms with Crippen molar-refractivity contribution in [3.63, 3.8) is 0 Å². The number of carboxylic acids is 1. The molecule has 0 saturated heterocycles. The van der Waals surface area contributed by atoms with Gasteiger partial charge in [-0.2, -0.15) is 0 Å². The fraction of sp³-hybridized carbons (Fsp3) is 0.467. The standard InChI is InChI=1S/C15H21NO4/c1-10(2)16-14(17)8-12(9-15(18)19)11-4-6-13(20-3)7-5-11/h4-7,10,12H,8-9H2,1-3H3,(H,16,17)(H,18,19). The van der Waals surface area contributed by atoms with Gasteiger partial charge in [-0.05, 0) is 31.5 Å². The predicted octanol–water partition coefficient (Wildman–Crippen LogP) is 2.17. The summed E-state index contributed by atoms with van der Waals surface area (Å²) in [6.45, 7) is 3.75. The lowest BCUT2D eigenvalue weighted by atomic mass is 9.92. The molecule has 0 fully saturated rings. The van der Waals surface area contributed by atoms with Gasteiger partial charge in [0.1, 0.15) is 5.75 Å². The molecule has 0 spiro atoms. The maximum atomic E-state index is 11.8.